The van der Waals surface area contributed by atoms with Crippen molar-refractivity contribution in [1.29, 1.82) is 0 Å². The normalized spacial score (nSPS) is 11.4. The van der Waals surface area contributed by atoms with Crippen molar-refractivity contribution in [3.63, 3.8) is 0 Å². The predicted octanol–water partition coefficient (Wildman–Crippen LogP) is 2.59. The van der Waals surface area contributed by atoms with E-state index in [-0.39, 0.29) is 13.2 Å². The summed E-state index contributed by atoms with van der Waals surface area (Å²) in [5.41, 5.74) is -1.03. The third-order valence-corrected chi connectivity index (χ3v) is 3.74. The summed E-state index contributed by atoms with van der Waals surface area (Å²) in [6.07, 6.45) is 0. The number of carbonyl (C=O) groups is 1. The fourth-order valence-corrected chi connectivity index (χ4v) is 2.55. The van der Waals surface area contributed by atoms with Crippen LogP contribution in [0, 0.1) is 10.1 Å². The number of hydrogen-bond acceptors (Lipinski definition) is 7. The summed E-state index contributed by atoms with van der Waals surface area (Å²) in [7, 11) is -4.00. The Labute approximate surface area is 103 Å². The topological polar surface area (TPSA) is 109 Å². The molecule has 1 heterocycles. The Morgan fingerprint density at radius 2 is 1.94 bits per heavy atom. The zero-order chi connectivity index (χ0) is 13.8. The first-order valence-electron chi connectivity index (χ1n) is 5.12. The SMILES string of the molecule is CCOP(=O)(OCC)C(=O)c1ccc([N+](=O)[O-])o1. The molecule has 18 heavy (non-hydrogen) atoms. The van der Waals surface area contributed by atoms with Gasteiger partial charge in [-0.2, -0.15) is 0 Å². The molecule has 0 unspecified atom stereocenters. The van der Waals surface area contributed by atoms with Crippen LogP contribution >= 0.6 is 7.60 Å². The number of rotatable bonds is 7. The molecule has 0 aliphatic rings. The monoisotopic (exact) mass is 277 g/mol. The van der Waals surface area contributed by atoms with Gasteiger partial charge in [0.05, 0.1) is 19.3 Å². The first-order chi connectivity index (χ1) is 8.44. The fourth-order valence-electron chi connectivity index (χ4n) is 1.17. The lowest BCUT2D eigenvalue weighted by molar-refractivity contribution is -0.402. The molecule has 0 radical (unpaired) electrons. The van der Waals surface area contributed by atoms with Crippen molar-refractivity contribution >= 4 is 19.0 Å². The maximum absolute atomic E-state index is 12.1. The van der Waals surface area contributed by atoms with Crippen LogP contribution < -0.4 is 0 Å². The summed E-state index contributed by atoms with van der Waals surface area (Å²) >= 11 is 0. The third-order valence-electron chi connectivity index (χ3n) is 1.83. The average Bonchev–Trinajstić information content (AvgIpc) is 2.77. The van der Waals surface area contributed by atoms with Gasteiger partial charge in [-0.3, -0.25) is 19.5 Å². The second-order valence-corrected chi connectivity index (χ2v) is 4.95. The summed E-state index contributed by atoms with van der Waals surface area (Å²) in [4.78, 5) is 21.5. The van der Waals surface area contributed by atoms with Gasteiger partial charge in [0.25, 0.3) is 0 Å². The summed E-state index contributed by atoms with van der Waals surface area (Å²) in [6, 6.07) is 2.06. The molecule has 9 heteroatoms. The van der Waals surface area contributed by atoms with Crippen LogP contribution in [-0.4, -0.2) is 23.7 Å². The molecule has 0 spiro atoms. The van der Waals surface area contributed by atoms with E-state index in [1.165, 1.54) is 0 Å². The molecule has 0 bridgehead atoms. The quantitative estimate of drug-likeness (QED) is 0.428. The Bertz CT molecular complexity index is 485. The summed E-state index contributed by atoms with van der Waals surface area (Å²) in [5, 5.41) is 10.4. The molecule has 1 rings (SSSR count). The molecule has 0 N–H and O–H groups in total. The third kappa shape index (κ3) is 3.04. The lowest BCUT2D eigenvalue weighted by Crippen LogP contribution is -2.06. The van der Waals surface area contributed by atoms with Gasteiger partial charge in [0, 0.05) is 0 Å². The lowest BCUT2D eigenvalue weighted by atomic mass is 10.5. The van der Waals surface area contributed by atoms with Crippen molar-refractivity contribution < 1.29 is 27.7 Å². The summed E-state index contributed by atoms with van der Waals surface area (Å²) in [6.45, 7) is 3.10. The number of carbonyl (C=O) groups excluding carboxylic acids is 1. The zero-order valence-corrected chi connectivity index (χ0v) is 10.7. The molecule has 0 amide bonds. The fraction of sp³-hybridized carbons (Fsp3) is 0.444. The van der Waals surface area contributed by atoms with Crippen LogP contribution in [-0.2, 0) is 13.6 Å². The minimum atomic E-state index is -4.00. The van der Waals surface area contributed by atoms with Crippen molar-refractivity contribution in [2.24, 2.45) is 0 Å². The number of nitrogens with zero attached hydrogens (tertiary/aromatic N) is 1. The Morgan fingerprint density at radius 3 is 2.33 bits per heavy atom. The molecule has 8 nitrogen and oxygen atoms in total. The first-order valence-corrected chi connectivity index (χ1v) is 6.67. The smallest absolute Gasteiger partial charge is 0.397 e. The molecular formula is C9H12NO7P. The maximum Gasteiger partial charge on any atom is 0.433 e. The van der Waals surface area contributed by atoms with Crippen LogP contribution in [0.4, 0.5) is 5.88 Å². The number of furan rings is 1. The Kier molecular flexibility index (Phi) is 4.77. The standard InChI is InChI=1S/C9H12NO7P/c1-3-15-18(14,16-4-2)9(11)7-5-6-8(17-7)10(12)13/h5-6H,3-4H2,1-2H3. The van der Waals surface area contributed by atoms with Gasteiger partial charge in [-0.15, -0.1) is 0 Å². The van der Waals surface area contributed by atoms with E-state index in [0.717, 1.165) is 12.1 Å². The highest BCUT2D eigenvalue weighted by molar-refractivity contribution is 7.72. The van der Waals surface area contributed by atoms with E-state index in [1.807, 2.05) is 0 Å². The van der Waals surface area contributed by atoms with E-state index in [0.29, 0.717) is 0 Å². The van der Waals surface area contributed by atoms with Gasteiger partial charge in [-0.1, -0.05) is 0 Å². The molecule has 0 saturated carbocycles. The molecule has 0 atom stereocenters. The van der Waals surface area contributed by atoms with Gasteiger partial charge in [-0.05, 0) is 19.9 Å². The highest BCUT2D eigenvalue weighted by atomic mass is 31.2. The van der Waals surface area contributed by atoms with E-state index < -0.39 is 29.7 Å². The number of hydrogen-bond donors (Lipinski definition) is 0. The molecule has 0 saturated heterocycles. The molecular weight excluding hydrogens is 265 g/mol. The summed E-state index contributed by atoms with van der Waals surface area (Å²) in [5.74, 6) is -1.04. The molecule has 100 valence electrons. The molecule has 0 aliphatic heterocycles. The minimum Gasteiger partial charge on any atom is -0.397 e. The molecule has 0 fully saturated rings. The maximum atomic E-state index is 12.1. The van der Waals surface area contributed by atoms with E-state index in [1.54, 1.807) is 13.8 Å². The molecule has 0 aliphatic carbocycles. The second kappa shape index (κ2) is 5.90. The largest absolute Gasteiger partial charge is 0.433 e. The Balaban J connectivity index is 3.02. The highest BCUT2D eigenvalue weighted by Crippen LogP contribution is 2.51. The van der Waals surface area contributed by atoms with Crippen molar-refractivity contribution in [1.82, 2.24) is 0 Å². The number of nitro groups is 1. The molecule has 1 aromatic rings. The minimum absolute atomic E-state index is 0.00577. The van der Waals surface area contributed by atoms with Crippen LogP contribution in [0.3, 0.4) is 0 Å². The van der Waals surface area contributed by atoms with E-state index in [2.05, 4.69) is 4.42 Å². The van der Waals surface area contributed by atoms with Crippen LogP contribution in [0.2, 0.25) is 0 Å². The Hall–Kier alpha value is -1.50. The molecule has 0 aromatic carbocycles. The van der Waals surface area contributed by atoms with Crippen LogP contribution in [0.5, 0.6) is 0 Å². The van der Waals surface area contributed by atoms with Gasteiger partial charge >= 0.3 is 19.0 Å². The van der Waals surface area contributed by atoms with Crippen molar-refractivity contribution in [2.45, 2.75) is 13.8 Å². The van der Waals surface area contributed by atoms with Crippen molar-refractivity contribution in [2.75, 3.05) is 13.2 Å². The average molecular weight is 277 g/mol. The van der Waals surface area contributed by atoms with Crippen molar-refractivity contribution in [3.8, 4) is 0 Å². The van der Waals surface area contributed by atoms with Crippen molar-refractivity contribution in [3.05, 3.63) is 28.0 Å². The zero-order valence-electron chi connectivity index (χ0n) is 9.82. The van der Waals surface area contributed by atoms with Gasteiger partial charge in [0.15, 0.2) is 5.76 Å². The summed E-state index contributed by atoms with van der Waals surface area (Å²) < 4.78 is 26.4. The van der Waals surface area contributed by atoms with E-state index in [9.17, 15) is 19.5 Å². The highest BCUT2D eigenvalue weighted by Gasteiger charge is 2.38. The Morgan fingerprint density at radius 1 is 1.39 bits per heavy atom. The van der Waals surface area contributed by atoms with Gasteiger partial charge in [0.2, 0.25) is 0 Å². The predicted molar refractivity (Wildman–Crippen MR) is 60.6 cm³/mol. The van der Waals surface area contributed by atoms with Gasteiger partial charge in [-0.25, -0.2) is 0 Å². The van der Waals surface area contributed by atoms with Gasteiger partial charge in [0.1, 0.15) is 4.92 Å². The van der Waals surface area contributed by atoms with Crippen LogP contribution in [0.1, 0.15) is 24.4 Å². The lowest BCUT2D eigenvalue weighted by Gasteiger charge is -2.13. The van der Waals surface area contributed by atoms with E-state index in [4.69, 9.17) is 9.05 Å². The first kappa shape index (κ1) is 14.6. The second-order valence-electron chi connectivity index (χ2n) is 3.03. The van der Waals surface area contributed by atoms with Gasteiger partial charge < -0.3 is 13.5 Å². The van der Waals surface area contributed by atoms with Crippen LogP contribution in [0.25, 0.3) is 0 Å². The van der Waals surface area contributed by atoms with E-state index >= 15 is 0 Å². The van der Waals surface area contributed by atoms with Crippen LogP contribution in [0.15, 0.2) is 16.5 Å². The molecule has 1 aromatic heterocycles.